The molecule has 0 unspecified atom stereocenters. The highest BCUT2D eigenvalue weighted by molar-refractivity contribution is 7.90. The molecule has 1 amide bonds. The largest absolute Gasteiger partial charge is 0.355 e. The average Bonchev–Trinajstić information content (AvgIpc) is 2.93. The van der Waals surface area contributed by atoms with Crippen LogP contribution >= 0.6 is 11.3 Å². The van der Waals surface area contributed by atoms with E-state index in [1.165, 1.54) is 4.88 Å². The molecule has 1 saturated carbocycles. The lowest BCUT2D eigenvalue weighted by atomic mass is 9.88. The van der Waals surface area contributed by atoms with Gasteiger partial charge in [-0.25, -0.2) is 13.1 Å². The van der Waals surface area contributed by atoms with E-state index in [4.69, 9.17) is 0 Å². The summed E-state index contributed by atoms with van der Waals surface area (Å²) < 4.78 is 26.7. The lowest BCUT2D eigenvalue weighted by Gasteiger charge is -2.26. The minimum absolute atomic E-state index is 0.0138. The molecule has 1 heterocycles. The highest BCUT2D eigenvalue weighted by Gasteiger charge is 2.24. The van der Waals surface area contributed by atoms with Gasteiger partial charge < -0.3 is 5.32 Å². The molecule has 0 atom stereocenters. The summed E-state index contributed by atoms with van der Waals surface area (Å²) in [7, 11) is -3.54. The predicted molar refractivity (Wildman–Crippen MR) is 89.4 cm³/mol. The first-order valence-electron chi connectivity index (χ1n) is 7.74. The standard InChI is InChI=1S/C15H24N2O3S2/c1-12-4-6-13(7-5-12)17-22(19,20)11-15(18)16-9-8-14-3-2-10-21-14/h2-3,10,12-13,17H,4-9,11H2,1H3,(H,16,18). The van der Waals surface area contributed by atoms with Gasteiger partial charge in [-0.3, -0.25) is 4.79 Å². The van der Waals surface area contributed by atoms with E-state index in [1.54, 1.807) is 11.3 Å². The zero-order valence-electron chi connectivity index (χ0n) is 12.9. The fourth-order valence-corrected chi connectivity index (χ4v) is 4.66. The van der Waals surface area contributed by atoms with Gasteiger partial charge >= 0.3 is 0 Å². The summed E-state index contributed by atoms with van der Waals surface area (Å²) in [5.74, 6) is -0.252. The number of thiophene rings is 1. The molecule has 2 rings (SSSR count). The van der Waals surface area contributed by atoms with Gasteiger partial charge in [-0.15, -0.1) is 11.3 Å². The Hall–Kier alpha value is -0.920. The topological polar surface area (TPSA) is 75.3 Å². The van der Waals surface area contributed by atoms with Crippen molar-refractivity contribution >= 4 is 27.3 Å². The molecule has 7 heteroatoms. The zero-order chi connectivity index (χ0) is 16.0. The molecule has 1 aromatic rings. The highest BCUT2D eigenvalue weighted by atomic mass is 32.2. The summed E-state index contributed by atoms with van der Waals surface area (Å²) in [6.45, 7) is 2.65. The van der Waals surface area contributed by atoms with E-state index in [1.807, 2.05) is 17.5 Å². The molecule has 1 aliphatic rings. The molecule has 0 aromatic carbocycles. The molecule has 124 valence electrons. The first-order valence-corrected chi connectivity index (χ1v) is 10.3. The van der Waals surface area contributed by atoms with Crippen molar-refractivity contribution in [2.45, 2.75) is 45.1 Å². The molecule has 0 radical (unpaired) electrons. The van der Waals surface area contributed by atoms with Crippen LogP contribution in [0.2, 0.25) is 0 Å². The maximum absolute atomic E-state index is 12.0. The van der Waals surface area contributed by atoms with Crippen LogP contribution in [0.15, 0.2) is 17.5 Å². The Balaban J connectivity index is 1.70. The normalized spacial score (nSPS) is 22.4. The Kier molecular flexibility index (Phi) is 6.40. The second-order valence-electron chi connectivity index (χ2n) is 6.01. The first-order chi connectivity index (χ1) is 10.4. The third-order valence-electron chi connectivity index (χ3n) is 3.96. The highest BCUT2D eigenvalue weighted by Crippen LogP contribution is 2.23. The number of carbonyl (C=O) groups excluding carboxylic acids is 1. The minimum atomic E-state index is -3.54. The van der Waals surface area contributed by atoms with Gasteiger partial charge in [0.1, 0.15) is 5.75 Å². The van der Waals surface area contributed by atoms with Crippen molar-refractivity contribution in [1.82, 2.24) is 10.0 Å². The van der Waals surface area contributed by atoms with Crippen molar-refractivity contribution in [3.8, 4) is 0 Å². The van der Waals surface area contributed by atoms with E-state index in [0.717, 1.165) is 32.1 Å². The van der Waals surface area contributed by atoms with Crippen molar-refractivity contribution in [3.05, 3.63) is 22.4 Å². The number of hydrogen-bond acceptors (Lipinski definition) is 4. The van der Waals surface area contributed by atoms with Crippen molar-refractivity contribution in [2.24, 2.45) is 5.92 Å². The van der Waals surface area contributed by atoms with Crippen molar-refractivity contribution < 1.29 is 13.2 Å². The van der Waals surface area contributed by atoms with Crippen LogP contribution in [-0.2, 0) is 21.2 Å². The third-order valence-corrected chi connectivity index (χ3v) is 6.23. The molecular formula is C15H24N2O3S2. The number of hydrogen-bond donors (Lipinski definition) is 2. The van der Waals surface area contributed by atoms with E-state index < -0.39 is 21.7 Å². The number of carbonyl (C=O) groups is 1. The van der Waals surface area contributed by atoms with Gasteiger partial charge in [-0.05, 0) is 49.5 Å². The van der Waals surface area contributed by atoms with Crippen molar-refractivity contribution in [2.75, 3.05) is 12.3 Å². The fourth-order valence-electron chi connectivity index (χ4n) is 2.68. The summed E-state index contributed by atoms with van der Waals surface area (Å²) in [5, 5.41) is 4.65. The minimum Gasteiger partial charge on any atom is -0.355 e. The molecular weight excluding hydrogens is 320 g/mol. The van der Waals surface area contributed by atoms with Crippen molar-refractivity contribution in [1.29, 1.82) is 0 Å². The summed E-state index contributed by atoms with van der Waals surface area (Å²) >= 11 is 1.63. The number of amides is 1. The Morgan fingerprint density at radius 2 is 2.05 bits per heavy atom. The fraction of sp³-hybridized carbons (Fsp3) is 0.667. The van der Waals surface area contributed by atoms with Crippen LogP contribution in [0, 0.1) is 5.92 Å². The third kappa shape index (κ3) is 6.06. The number of nitrogens with one attached hydrogen (secondary N) is 2. The lowest BCUT2D eigenvalue weighted by molar-refractivity contribution is -0.118. The molecule has 0 spiro atoms. The summed E-state index contributed by atoms with van der Waals surface area (Å²) in [6.07, 6.45) is 4.54. The van der Waals surface area contributed by atoms with Crippen LogP contribution < -0.4 is 10.0 Å². The van der Waals surface area contributed by atoms with Crippen LogP contribution in [0.4, 0.5) is 0 Å². The summed E-state index contributed by atoms with van der Waals surface area (Å²) in [6, 6.07) is 3.94. The second-order valence-corrected chi connectivity index (χ2v) is 8.80. The van der Waals surface area contributed by atoms with E-state index in [-0.39, 0.29) is 6.04 Å². The number of sulfonamides is 1. The lowest BCUT2D eigenvalue weighted by Crippen LogP contribution is -2.42. The zero-order valence-corrected chi connectivity index (χ0v) is 14.5. The number of rotatable bonds is 7. The second kappa shape index (κ2) is 8.08. The van der Waals surface area contributed by atoms with Crippen LogP contribution in [-0.4, -0.2) is 32.7 Å². The average molecular weight is 345 g/mol. The van der Waals surface area contributed by atoms with Gasteiger partial charge in [0, 0.05) is 17.5 Å². The molecule has 1 fully saturated rings. The Bertz CT molecular complexity index is 562. The van der Waals surface area contributed by atoms with Crippen molar-refractivity contribution in [3.63, 3.8) is 0 Å². The summed E-state index contributed by atoms with van der Waals surface area (Å²) in [4.78, 5) is 12.9. The molecule has 1 aliphatic carbocycles. The SMILES string of the molecule is CC1CCC(NS(=O)(=O)CC(=O)NCCc2cccs2)CC1. The van der Waals surface area contributed by atoms with Crippen LogP contribution in [0.3, 0.4) is 0 Å². The molecule has 22 heavy (non-hydrogen) atoms. The van der Waals surface area contributed by atoms with Gasteiger partial charge in [0.2, 0.25) is 15.9 Å². The van der Waals surface area contributed by atoms with E-state index >= 15 is 0 Å². The Morgan fingerprint density at radius 3 is 2.68 bits per heavy atom. The Morgan fingerprint density at radius 1 is 1.32 bits per heavy atom. The maximum Gasteiger partial charge on any atom is 0.236 e. The van der Waals surface area contributed by atoms with Crippen LogP contribution in [0.5, 0.6) is 0 Å². The Labute approximate surface area is 136 Å². The smallest absolute Gasteiger partial charge is 0.236 e. The van der Waals surface area contributed by atoms with Crippen LogP contribution in [0.25, 0.3) is 0 Å². The van der Waals surface area contributed by atoms with E-state index in [2.05, 4.69) is 17.0 Å². The molecule has 2 N–H and O–H groups in total. The molecule has 0 saturated heterocycles. The van der Waals surface area contributed by atoms with E-state index in [0.29, 0.717) is 12.5 Å². The van der Waals surface area contributed by atoms with Gasteiger partial charge in [-0.2, -0.15) is 0 Å². The molecule has 0 aliphatic heterocycles. The van der Waals surface area contributed by atoms with E-state index in [9.17, 15) is 13.2 Å². The monoisotopic (exact) mass is 344 g/mol. The maximum atomic E-state index is 12.0. The van der Waals surface area contributed by atoms with Gasteiger partial charge in [0.05, 0.1) is 0 Å². The van der Waals surface area contributed by atoms with Crippen LogP contribution in [0.1, 0.15) is 37.5 Å². The molecule has 0 bridgehead atoms. The predicted octanol–water partition coefficient (Wildman–Crippen LogP) is 1.90. The molecule has 1 aromatic heterocycles. The first kappa shape index (κ1) is 17.4. The van der Waals surface area contributed by atoms with Gasteiger partial charge in [-0.1, -0.05) is 13.0 Å². The van der Waals surface area contributed by atoms with Gasteiger partial charge in [0.25, 0.3) is 0 Å². The molecule has 5 nitrogen and oxygen atoms in total. The summed E-state index contributed by atoms with van der Waals surface area (Å²) in [5.41, 5.74) is 0. The quantitative estimate of drug-likeness (QED) is 0.793. The van der Waals surface area contributed by atoms with Gasteiger partial charge in [0.15, 0.2) is 0 Å².